The Hall–Kier alpha value is -0.978. The topological polar surface area (TPSA) is 44.1 Å². The van der Waals surface area contributed by atoms with Crippen LogP contribution >= 0.6 is 0 Å². The minimum Gasteiger partial charge on any atom is -0.439 e. The Morgan fingerprint density at radius 1 is 1.11 bits per heavy atom. The smallest absolute Gasteiger partial charge is 0.178 e. The largest absolute Gasteiger partial charge is 0.439 e. The van der Waals surface area contributed by atoms with Crippen molar-refractivity contribution in [1.82, 2.24) is 9.97 Å². The summed E-state index contributed by atoms with van der Waals surface area (Å²) in [5.74, 6) is 0.563. The van der Waals surface area contributed by atoms with Gasteiger partial charge in [-0.15, -0.1) is 0 Å². The molecule has 2 aromatic rings. The minimum absolute atomic E-state index is 0. The van der Waals surface area contributed by atoms with Crippen molar-refractivity contribution in [1.29, 1.82) is 0 Å². The van der Waals surface area contributed by atoms with E-state index in [1.165, 1.54) is 24.0 Å². The molecular formula is C15H19N2ORe-. The molecule has 0 unspecified atom stereocenters. The van der Waals surface area contributed by atoms with Gasteiger partial charge < -0.3 is 9.97 Å². The molecule has 0 bridgehead atoms. The second kappa shape index (κ2) is 6.98. The van der Waals surface area contributed by atoms with Gasteiger partial charge in [0.1, 0.15) is 0 Å². The Morgan fingerprint density at radius 3 is 2.32 bits per heavy atom. The molecule has 4 heteroatoms. The minimum atomic E-state index is -0.143. The van der Waals surface area contributed by atoms with E-state index in [1.807, 2.05) is 19.9 Å². The molecule has 1 aromatic heterocycles. The molecule has 1 heterocycles. The first-order chi connectivity index (χ1) is 8.74. The number of aryl methyl sites for hydroxylation is 3. The van der Waals surface area contributed by atoms with Crippen LogP contribution in [0.15, 0.2) is 16.9 Å². The van der Waals surface area contributed by atoms with Crippen LogP contribution in [-0.4, -0.2) is 4.98 Å². The number of aromatic nitrogens is 2. The second-order valence-corrected chi connectivity index (χ2v) is 4.42. The molecule has 3 rings (SSSR count). The number of nitrogens with zero attached hydrogens (tertiary/aromatic N) is 2. The molecule has 0 spiro atoms. The zero-order chi connectivity index (χ0) is 13.1. The Kier molecular flexibility index (Phi) is 5.91. The fourth-order valence-electron chi connectivity index (χ4n) is 2.44. The van der Waals surface area contributed by atoms with Crippen molar-refractivity contribution in [3.05, 3.63) is 39.4 Å². The Balaban J connectivity index is 0.000000576. The summed E-state index contributed by atoms with van der Waals surface area (Å²) < 4.78 is 0. The first-order valence-corrected chi connectivity index (χ1v) is 6.71. The van der Waals surface area contributed by atoms with E-state index < -0.39 is 0 Å². The maximum atomic E-state index is 11.7. The average molecular weight is 430 g/mol. The summed E-state index contributed by atoms with van der Waals surface area (Å²) in [6.07, 6.45) is 4.66. The quantitative estimate of drug-likeness (QED) is 0.647. The van der Waals surface area contributed by atoms with Crippen molar-refractivity contribution in [3.8, 4) is 0 Å². The van der Waals surface area contributed by atoms with Gasteiger partial charge in [-0.1, -0.05) is 25.7 Å². The molecule has 0 saturated carbocycles. The van der Waals surface area contributed by atoms with E-state index >= 15 is 0 Å². The van der Waals surface area contributed by atoms with E-state index in [-0.39, 0.29) is 26.0 Å². The van der Waals surface area contributed by atoms with Crippen molar-refractivity contribution < 1.29 is 20.4 Å². The molecule has 0 amide bonds. The fraction of sp³-hybridized carbons (Fsp3) is 0.467. The van der Waals surface area contributed by atoms with Crippen LogP contribution < -0.4 is 10.5 Å². The van der Waals surface area contributed by atoms with Gasteiger partial charge in [-0.2, -0.15) is 0 Å². The fourth-order valence-corrected chi connectivity index (χ4v) is 2.44. The third-order valence-corrected chi connectivity index (χ3v) is 3.24. The Morgan fingerprint density at radius 2 is 1.68 bits per heavy atom. The molecule has 0 fully saturated rings. The summed E-state index contributed by atoms with van der Waals surface area (Å²) >= 11 is 0. The first kappa shape index (κ1) is 16.1. The first-order valence-electron chi connectivity index (χ1n) is 6.71. The summed E-state index contributed by atoms with van der Waals surface area (Å²) in [4.78, 5) is 20.0. The van der Waals surface area contributed by atoms with Gasteiger partial charge in [-0.25, -0.2) is 0 Å². The van der Waals surface area contributed by atoms with Gasteiger partial charge in [-0.05, 0) is 55.3 Å². The van der Waals surface area contributed by atoms with Gasteiger partial charge in [-0.3, -0.25) is 4.79 Å². The maximum Gasteiger partial charge on any atom is 0.178 e. The SMILES string of the molecule is CC.Cc1nc2cc3c(cc2c(=O)[n-]1)CCCC3.[Re]. The van der Waals surface area contributed by atoms with E-state index in [1.54, 1.807) is 6.92 Å². The van der Waals surface area contributed by atoms with E-state index in [9.17, 15) is 4.79 Å². The van der Waals surface area contributed by atoms with E-state index in [0.717, 1.165) is 18.4 Å². The van der Waals surface area contributed by atoms with Gasteiger partial charge in [0.2, 0.25) is 0 Å². The molecule has 0 saturated heterocycles. The summed E-state index contributed by atoms with van der Waals surface area (Å²) in [6, 6.07) is 4.06. The molecule has 0 aliphatic heterocycles. The standard InChI is InChI=1S/C13H14N2O.C2H6.Re/c1-8-14-12-7-10-5-3-2-4-9(10)6-11(12)13(16)15-8;1-2;/h6-7H,2-5H2,1H3,(H,14,15,16);1-2H3;/p-1. The van der Waals surface area contributed by atoms with Crippen LogP contribution in [0, 0.1) is 6.92 Å². The number of hydrogen-bond acceptors (Lipinski definition) is 2. The Labute approximate surface area is 127 Å². The predicted octanol–water partition coefficient (Wildman–Crippen LogP) is 2.76. The number of hydrogen-bond donors (Lipinski definition) is 0. The normalized spacial score (nSPS) is 13.0. The van der Waals surface area contributed by atoms with Gasteiger partial charge >= 0.3 is 0 Å². The van der Waals surface area contributed by atoms with Crippen molar-refractivity contribution in [2.75, 3.05) is 0 Å². The van der Waals surface area contributed by atoms with Crippen LogP contribution in [0.4, 0.5) is 0 Å². The molecule has 0 atom stereocenters. The van der Waals surface area contributed by atoms with Crippen molar-refractivity contribution >= 4 is 10.9 Å². The molecule has 1 aromatic carbocycles. The van der Waals surface area contributed by atoms with Crippen LogP contribution in [0.3, 0.4) is 0 Å². The maximum absolute atomic E-state index is 11.7. The van der Waals surface area contributed by atoms with Crippen molar-refractivity contribution in [3.63, 3.8) is 0 Å². The van der Waals surface area contributed by atoms with Gasteiger partial charge in [0, 0.05) is 25.8 Å². The van der Waals surface area contributed by atoms with Gasteiger partial charge in [0.25, 0.3) is 0 Å². The third kappa shape index (κ3) is 3.32. The second-order valence-electron chi connectivity index (χ2n) is 4.42. The third-order valence-electron chi connectivity index (χ3n) is 3.24. The van der Waals surface area contributed by atoms with Crippen LogP contribution in [0.25, 0.3) is 10.9 Å². The van der Waals surface area contributed by atoms with Crippen molar-refractivity contribution in [2.45, 2.75) is 46.5 Å². The summed E-state index contributed by atoms with van der Waals surface area (Å²) in [5, 5.41) is 0.672. The molecule has 103 valence electrons. The molecule has 3 nitrogen and oxygen atoms in total. The molecule has 1 aliphatic rings. The van der Waals surface area contributed by atoms with Crippen LogP contribution in [-0.2, 0) is 33.3 Å². The van der Waals surface area contributed by atoms with Gasteiger partial charge in [0.05, 0.1) is 0 Å². The van der Waals surface area contributed by atoms with E-state index in [2.05, 4.69) is 16.0 Å². The zero-order valence-electron chi connectivity index (χ0n) is 11.7. The molecule has 19 heavy (non-hydrogen) atoms. The van der Waals surface area contributed by atoms with Crippen LogP contribution in [0.5, 0.6) is 0 Å². The Bertz CT molecular complexity index is 619. The van der Waals surface area contributed by atoms with E-state index in [0.29, 0.717) is 11.2 Å². The van der Waals surface area contributed by atoms with Crippen molar-refractivity contribution in [2.24, 2.45) is 0 Å². The average Bonchev–Trinajstić information content (AvgIpc) is 2.39. The van der Waals surface area contributed by atoms with Crippen LogP contribution in [0.1, 0.15) is 43.6 Å². The molecular weight excluding hydrogens is 410 g/mol. The summed E-state index contributed by atoms with van der Waals surface area (Å²) in [5.41, 5.74) is 3.33. The predicted molar refractivity (Wildman–Crippen MR) is 74.1 cm³/mol. The van der Waals surface area contributed by atoms with Crippen LogP contribution in [0.2, 0.25) is 0 Å². The van der Waals surface area contributed by atoms with E-state index in [4.69, 9.17) is 0 Å². The number of rotatable bonds is 0. The van der Waals surface area contributed by atoms with Gasteiger partial charge in [0.15, 0.2) is 5.56 Å². The molecule has 1 aliphatic carbocycles. The molecule has 1 radical (unpaired) electrons. The summed E-state index contributed by atoms with van der Waals surface area (Å²) in [7, 11) is 0. The number of benzene rings is 1. The number of fused-ring (bicyclic) bond motifs is 2. The monoisotopic (exact) mass is 430 g/mol. The summed E-state index contributed by atoms with van der Waals surface area (Å²) in [6.45, 7) is 5.76. The zero-order valence-corrected chi connectivity index (χ0v) is 14.4. The molecule has 0 N–H and O–H groups in total.